The molecule has 2 heterocycles. The highest BCUT2D eigenvalue weighted by molar-refractivity contribution is 6.35. The average Bonchev–Trinajstić information content (AvgIpc) is 3.47. The van der Waals surface area contributed by atoms with Crippen molar-refractivity contribution in [3.63, 3.8) is 0 Å². The zero-order chi connectivity index (χ0) is 26.1. The van der Waals surface area contributed by atoms with Crippen molar-refractivity contribution in [1.29, 1.82) is 0 Å². The molecule has 1 aromatic heterocycles. The second-order valence-electron chi connectivity index (χ2n) is 8.38. The summed E-state index contributed by atoms with van der Waals surface area (Å²) in [5.74, 6) is -3.94. The minimum atomic E-state index is -1.35. The highest BCUT2D eigenvalue weighted by atomic mass is 19.2. The number of anilines is 5. The fourth-order valence-corrected chi connectivity index (χ4v) is 3.90. The number of hydrogen-bond acceptors (Lipinski definition) is 3. The molecule has 3 aromatic carbocycles. The molecule has 0 spiro atoms. The van der Waals surface area contributed by atoms with Gasteiger partial charge in [-0.25, -0.2) is 18.0 Å². The van der Waals surface area contributed by atoms with E-state index in [1.54, 1.807) is 36.5 Å². The summed E-state index contributed by atoms with van der Waals surface area (Å²) in [5.41, 5.74) is 4.93. The minimum absolute atomic E-state index is 0.201. The largest absolute Gasteiger partial charge is 0.362 e. The third kappa shape index (κ3) is 5.03. The number of carbonyl (C=O) groups is 2. The van der Waals surface area contributed by atoms with Crippen LogP contribution in [0.1, 0.15) is 16.8 Å². The third-order valence-electron chi connectivity index (χ3n) is 5.76. The Bertz CT molecular complexity index is 1560. The summed E-state index contributed by atoms with van der Waals surface area (Å²) in [6, 6.07) is 14.4. The number of aromatic nitrogens is 1. The van der Waals surface area contributed by atoms with Crippen LogP contribution in [0.5, 0.6) is 0 Å². The van der Waals surface area contributed by atoms with Gasteiger partial charge in [-0.1, -0.05) is 12.1 Å². The molecule has 0 unspecified atom stereocenters. The molecule has 0 saturated carbocycles. The number of carbonyl (C=O) groups excluding carboxylic acids is 2. The number of hydrogen-bond donors (Lipinski definition) is 5. The van der Waals surface area contributed by atoms with E-state index < -0.39 is 29.2 Å². The van der Waals surface area contributed by atoms with Crippen LogP contribution in [0.25, 0.3) is 11.6 Å². The number of amides is 3. The van der Waals surface area contributed by atoms with Crippen molar-refractivity contribution in [3.8, 4) is 0 Å². The predicted molar refractivity (Wildman–Crippen MR) is 137 cm³/mol. The number of H-pyrrole nitrogens is 1. The van der Waals surface area contributed by atoms with E-state index in [0.717, 1.165) is 16.8 Å². The lowest BCUT2D eigenvalue weighted by atomic mass is 10.1. The molecule has 3 amide bonds. The summed E-state index contributed by atoms with van der Waals surface area (Å²) in [4.78, 5) is 27.9. The molecular formula is C27H20F3N5O2. The van der Waals surface area contributed by atoms with Crippen LogP contribution >= 0.6 is 0 Å². The number of urea groups is 1. The molecule has 37 heavy (non-hydrogen) atoms. The molecule has 4 aromatic rings. The molecule has 0 atom stereocenters. The van der Waals surface area contributed by atoms with Crippen molar-refractivity contribution in [2.75, 3.05) is 21.3 Å². The van der Waals surface area contributed by atoms with Gasteiger partial charge in [0.15, 0.2) is 11.6 Å². The number of nitrogens with one attached hydrogen (secondary N) is 5. The summed E-state index contributed by atoms with van der Waals surface area (Å²) in [5, 5.41) is 10.8. The van der Waals surface area contributed by atoms with Crippen molar-refractivity contribution in [2.24, 2.45) is 0 Å². The zero-order valence-electron chi connectivity index (χ0n) is 19.4. The quantitative estimate of drug-likeness (QED) is 0.156. The fourth-order valence-electron chi connectivity index (χ4n) is 3.90. The number of benzene rings is 3. The van der Waals surface area contributed by atoms with Gasteiger partial charge in [0.05, 0.1) is 16.9 Å². The fraction of sp³-hybridized carbons (Fsp3) is 0.0370. The summed E-state index contributed by atoms with van der Waals surface area (Å²) in [6.45, 7) is 1.87. The number of aromatic amines is 1. The van der Waals surface area contributed by atoms with Crippen LogP contribution < -0.4 is 21.3 Å². The van der Waals surface area contributed by atoms with E-state index in [0.29, 0.717) is 40.5 Å². The Morgan fingerprint density at radius 1 is 0.865 bits per heavy atom. The SMILES string of the molecule is Cc1ccc(NC(=O)Nc2cc(F)c(F)cc2F)cc1Nc1ccc2c(c1)NC(=O)/C2=C\c1ccc[nH]1. The van der Waals surface area contributed by atoms with Crippen LogP contribution in [-0.2, 0) is 4.79 Å². The maximum atomic E-state index is 13.8. The molecule has 186 valence electrons. The molecule has 5 rings (SSSR count). The van der Waals surface area contributed by atoms with E-state index >= 15 is 0 Å². The molecule has 0 radical (unpaired) electrons. The van der Waals surface area contributed by atoms with Crippen LogP contribution in [0.3, 0.4) is 0 Å². The smallest absolute Gasteiger partial charge is 0.323 e. The molecule has 10 heteroatoms. The summed E-state index contributed by atoms with van der Waals surface area (Å²) >= 11 is 0. The van der Waals surface area contributed by atoms with Gasteiger partial charge < -0.3 is 26.3 Å². The van der Waals surface area contributed by atoms with Gasteiger partial charge in [-0.15, -0.1) is 0 Å². The van der Waals surface area contributed by atoms with E-state index in [1.807, 2.05) is 31.2 Å². The van der Waals surface area contributed by atoms with E-state index in [2.05, 4.69) is 26.3 Å². The number of aryl methyl sites for hydroxylation is 1. The Hall–Kier alpha value is -4.99. The van der Waals surface area contributed by atoms with Gasteiger partial charge in [-0.3, -0.25) is 4.79 Å². The van der Waals surface area contributed by atoms with Gasteiger partial charge in [-0.2, -0.15) is 0 Å². The molecule has 0 fully saturated rings. The number of fused-ring (bicyclic) bond motifs is 1. The molecule has 1 aliphatic rings. The van der Waals surface area contributed by atoms with Crippen LogP contribution in [0.2, 0.25) is 0 Å². The lowest BCUT2D eigenvalue weighted by molar-refractivity contribution is -0.110. The Kier molecular flexibility index (Phi) is 6.14. The molecule has 5 N–H and O–H groups in total. The van der Waals surface area contributed by atoms with Crippen LogP contribution in [-0.4, -0.2) is 16.9 Å². The van der Waals surface area contributed by atoms with Crippen molar-refractivity contribution >= 4 is 52.0 Å². The van der Waals surface area contributed by atoms with E-state index in [4.69, 9.17) is 0 Å². The Balaban J connectivity index is 1.32. The summed E-state index contributed by atoms with van der Waals surface area (Å²) < 4.78 is 40.4. The summed E-state index contributed by atoms with van der Waals surface area (Å²) in [6.07, 6.45) is 3.56. The molecule has 7 nitrogen and oxygen atoms in total. The van der Waals surface area contributed by atoms with Gasteiger partial charge in [0.2, 0.25) is 0 Å². The summed E-state index contributed by atoms with van der Waals surface area (Å²) in [7, 11) is 0. The van der Waals surface area contributed by atoms with Gasteiger partial charge >= 0.3 is 6.03 Å². The van der Waals surface area contributed by atoms with Crippen LogP contribution in [0.15, 0.2) is 66.9 Å². The second kappa shape index (κ2) is 9.57. The topological polar surface area (TPSA) is 98.0 Å². The molecular weight excluding hydrogens is 483 g/mol. The highest BCUT2D eigenvalue weighted by Gasteiger charge is 2.24. The number of rotatable bonds is 5. The Labute approximate surface area is 209 Å². The minimum Gasteiger partial charge on any atom is -0.362 e. The first kappa shape index (κ1) is 23.7. The molecule has 1 aliphatic heterocycles. The lowest BCUT2D eigenvalue weighted by Gasteiger charge is -2.14. The Morgan fingerprint density at radius 3 is 2.43 bits per heavy atom. The monoisotopic (exact) mass is 503 g/mol. The highest BCUT2D eigenvalue weighted by Crippen LogP contribution is 2.36. The predicted octanol–water partition coefficient (Wildman–Crippen LogP) is 6.62. The van der Waals surface area contributed by atoms with Crippen LogP contribution in [0.4, 0.5) is 46.4 Å². The Morgan fingerprint density at radius 2 is 1.65 bits per heavy atom. The van der Waals surface area contributed by atoms with Crippen molar-refractivity contribution < 1.29 is 22.8 Å². The molecule has 0 bridgehead atoms. The first-order chi connectivity index (χ1) is 17.8. The van der Waals surface area contributed by atoms with E-state index in [1.165, 1.54) is 0 Å². The van der Waals surface area contributed by atoms with Gasteiger partial charge in [0, 0.05) is 46.6 Å². The number of halogens is 3. The lowest BCUT2D eigenvalue weighted by Crippen LogP contribution is -2.20. The second-order valence-corrected chi connectivity index (χ2v) is 8.38. The normalized spacial score (nSPS) is 13.3. The maximum absolute atomic E-state index is 13.8. The first-order valence-electron chi connectivity index (χ1n) is 11.2. The molecule has 0 aliphatic carbocycles. The molecule has 0 saturated heterocycles. The van der Waals surface area contributed by atoms with Crippen molar-refractivity contribution in [2.45, 2.75) is 6.92 Å². The average molecular weight is 503 g/mol. The first-order valence-corrected chi connectivity index (χ1v) is 11.2. The standard InChI is InChI=1S/C27H20F3N5O2/c1-14-4-5-17(33-27(37)35-25-13-21(29)20(28)12-22(25)30)10-23(14)32-16-6-7-18-19(9-15-3-2-8-31-15)26(36)34-24(18)11-16/h2-13,31-32H,1H3,(H,34,36)(H2,33,35,37)/b19-9-. The van der Waals surface area contributed by atoms with Gasteiger partial charge in [-0.05, 0) is 55.0 Å². The van der Waals surface area contributed by atoms with Gasteiger partial charge in [0.25, 0.3) is 5.91 Å². The van der Waals surface area contributed by atoms with E-state index in [9.17, 15) is 22.8 Å². The zero-order valence-corrected chi connectivity index (χ0v) is 19.4. The third-order valence-corrected chi connectivity index (χ3v) is 5.76. The van der Waals surface area contributed by atoms with Crippen molar-refractivity contribution in [1.82, 2.24) is 4.98 Å². The van der Waals surface area contributed by atoms with Crippen molar-refractivity contribution in [3.05, 3.63) is 101 Å². The van der Waals surface area contributed by atoms with Crippen LogP contribution in [0, 0.1) is 24.4 Å². The van der Waals surface area contributed by atoms with E-state index in [-0.39, 0.29) is 5.91 Å². The maximum Gasteiger partial charge on any atom is 0.323 e. The van der Waals surface area contributed by atoms with Gasteiger partial charge in [0.1, 0.15) is 5.82 Å².